The number of rotatable bonds is 4. The normalized spacial score (nSPS) is 10.4. The molecule has 100 valence electrons. The summed E-state index contributed by atoms with van der Waals surface area (Å²) < 4.78 is 10.9. The van der Waals surface area contributed by atoms with Gasteiger partial charge in [-0.15, -0.1) is 0 Å². The summed E-state index contributed by atoms with van der Waals surface area (Å²) in [6.07, 6.45) is 1.79. The van der Waals surface area contributed by atoms with E-state index < -0.39 is 0 Å². The molecule has 3 rings (SSSR count). The summed E-state index contributed by atoms with van der Waals surface area (Å²) in [5.74, 6) is 1.70. The van der Waals surface area contributed by atoms with Gasteiger partial charge in [0.25, 0.3) is 0 Å². The highest BCUT2D eigenvalue weighted by Crippen LogP contribution is 2.20. The van der Waals surface area contributed by atoms with E-state index in [0.717, 1.165) is 28.0 Å². The van der Waals surface area contributed by atoms with Crippen LogP contribution in [0.1, 0.15) is 5.56 Å². The molecule has 1 heterocycles. The number of hydrogen-bond donors (Lipinski definition) is 0. The SMILES string of the molecule is COc1ccc(COc2ccc3ncccc3c2)cc1. The smallest absolute Gasteiger partial charge is 0.120 e. The molecule has 2 aromatic carbocycles. The molecule has 0 radical (unpaired) electrons. The lowest BCUT2D eigenvalue weighted by molar-refractivity contribution is 0.306. The third kappa shape index (κ3) is 2.72. The lowest BCUT2D eigenvalue weighted by Crippen LogP contribution is -1.95. The lowest BCUT2D eigenvalue weighted by Gasteiger charge is -2.08. The number of benzene rings is 2. The Morgan fingerprint density at radius 1 is 0.950 bits per heavy atom. The van der Waals surface area contributed by atoms with Gasteiger partial charge in [0.2, 0.25) is 0 Å². The van der Waals surface area contributed by atoms with Crippen LogP contribution in [0.25, 0.3) is 10.9 Å². The van der Waals surface area contributed by atoms with Gasteiger partial charge in [-0.25, -0.2) is 0 Å². The molecule has 0 saturated heterocycles. The highest BCUT2D eigenvalue weighted by Gasteiger charge is 1.99. The Bertz CT molecular complexity index is 708. The van der Waals surface area contributed by atoms with Crippen molar-refractivity contribution in [3.8, 4) is 11.5 Å². The van der Waals surface area contributed by atoms with E-state index in [1.54, 1.807) is 13.3 Å². The first kappa shape index (κ1) is 12.5. The zero-order valence-corrected chi connectivity index (χ0v) is 11.2. The molecule has 0 aliphatic heterocycles. The topological polar surface area (TPSA) is 31.4 Å². The van der Waals surface area contributed by atoms with Gasteiger partial charge in [-0.05, 0) is 42.0 Å². The highest BCUT2D eigenvalue weighted by atomic mass is 16.5. The molecular formula is C17H15NO2. The van der Waals surface area contributed by atoms with Crippen molar-refractivity contribution in [1.29, 1.82) is 0 Å². The second-order valence-electron chi connectivity index (χ2n) is 4.49. The number of ether oxygens (including phenoxy) is 2. The molecular weight excluding hydrogens is 250 g/mol. The first-order valence-electron chi connectivity index (χ1n) is 6.46. The predicted molar refractivity (Wildman–Crippen MR) is 79.1 cm³/mol. The molecule has 0 fully saturated rings. The lowest BCUT2D eigenvalue weighted by atomic mass is 10.2. The monoisotopic (exact) mass is 265 g/mol. The van der Waals surface area contributed by atoms with Gasteiger partial charge in [0.05, 0.1) is 12.6 Å². The second kappa shape index (κ2) is 5.61. The van der Waals surface area contributed by atoms with Crippen LogP contribution >= 0.6 is 0 Å². The molecule has 3 heteroatoms. The standard InChI is InChI=1S/C17H15NO2/c1-19-15-6-4-13(5-7-15)12-20-16-8-9-17-14(11-16)3-2-10-18-17/h2-11H,12H2,1H3. The van der Waals surface area contributed by atoms with E-state index in [1.807, 2.05) is 54.6 Å². The maximum absolute atomic E-state index is 5.81. The van der Waals surface area contributed by atoms with Crippen molar-refractivity contribution in [1.82, 2.24) is 4.98 Å². The first-order chi connectivity index (χ1) is 9.85. The van der Waals surface area contributed by atoms with Crippen LogP contribution < -0.4 is 9.47 Å². The van der Waals surface area contributed by atoms with E-state index in [4.69, 9.17) is 9.47 Å². The van der Waals surface area contributed by atoms with E-state index in [-0.39, 0.29) is 0 Å². The molecule has 20 heavy (non-hydrogen) atoms. The molecule has 0 N–H and O–H groups in total. The van der Waals surface area contributed by atoms with E-state index >= 15 is 0 Å². The fraction of sp³-hybridized carbons (Fsp3) is 0.118. The van der Waals surface area contributed by atoms with Crippen molar-refractivity contribution in [2.24, 2.45) is 0 Å². The number of nitrogens with zero attached hydrogens (tertiary/aromatic N) is 1. The Hall–Kier alpha value is -2.55. The van der Waals surface area contributed by atoms with Gasteiger partial charge >= 0.3 is 0 Å². The Morgan fingerprint density at radius 2 is 1.75 bits per heavy atom. The fourth-order valence-electron chi connectivity index (χ4n) is 2.03. The summed E-state index contributed by atoms with van der Waals surface area (Å²) in [5.41, 5.74) is 2.08. The number of methoxy groups -OCH3 is 1. The van der Waals surface area contributed by atoms with Gasteiger partial charge in [-0.3, -0.25) is 4.98 Å². The average molecular weight is 265 g/mol. The predicted octanol–water partition coefficient (Wildman–Crippen LogP) is 3.82. The number of fused-ring (bicyclic) bond motifs is 1. The van der Waals surface area contributed by atoms with Crippen LogP contribution in [0.15, 0.2) is 60.8 Å². The van der Waals surface area contributed by atoms with E-state index in [2.05, 4.69) is 4.98 Å². The van der Waals surface area contributed by atoms with Crippen LogP contribution in [-0.4, -0.2) is 12.1 Å². The molecule has 0 aliphatic carbocycles. The largest absolute Gasteiger partial charge is 0.497 e. The maximum atomic E-state index is 5.81. The van der Waals surface area contributed by atoms with Crippen molar-refractivity contribution in [2.75, 3.05) is 7.11 Å². The van der Waals surface area contributed by atoms with Gasteiger partial charge in [0.15, 0.2) is 0 Å². The molecule has 0 saturated carbocycles. The fourth-order valence-corrected chi connectivity index (χ4v) is 2.03. The highest BCUT2D eigenvalue weighted by molar-refractivity contribution is 5.79. The summed E-state index contributed by atoms with van der Waals surface area (Å²) in [4.78, 5) is 4.29. The summed E-state index contributed by atoms with van der Waals surface area (Å²) in [6.45, 7) is 0.537. The van der Waals surface area contributed by atoms with Crippen LogP contribution in [0.2, 0.25) is 0 Å². The second-order valence-corrected chi connectivity index (χ2v) is 4.49. The Kier molecular flexibility index (Phi) is 3.50. The molecule has 1 aromatic heterocycles. The molecule has 3 aromatic rings. The Balaban J connectivity index is 1.72. The molecule has 3 nitrogen and oxygen atoms in total. The number of hydrogen-bond acceptors (Lipinski definition) is 3. The van der Waals surface area contributed by atoms with Gasteiger partial charge in [0, 0.05) is 11.6 Å². The minimum atomic E-state index is 0.537. The molecule has 0 bridgehead atoms. The van der Waals surface area contributed by atoms with Crippen LogP contribution in [0.3, 0.4) is 0 Å². The van der Waals surface area contributed by atoms with E-state index in [0.29, 0.717) is 6.61 Å². The van der Waals surface area contributed by atoms with E-state index in [9.17, 15) is 0 Å². The van der Waals surface area contributed by atoms with Gasteiger partial charge in [0.1, 0.15) is 18.1 Å². The average Bonchev–Trinajstić information content (AvgIpc) is 2.53. The minimum Gasteiger partial charge on any atom is -0.497 e. The van der Waals surface area contributed by atoms with Crippen LogP contribution in [0.4, 0.5) is 0 Å². The van der Waals surface area contributed by atoms with Gasteiger partial charge < -0.3 is 9.47 Å². The van der Waals surface area contributed by atoms with Crippen LogP contribution in [-0.2, 0) is 6.61 Å². The Labute approximate surface area is 117 Å². The van der Waals surface area contributed by atoms with Crippen molar-refractivity contribution < 1.29 is 9.47 Å². The summed E-state index contributed by atoms with van der Waals surface area (Å²) >= 11 is 0. The van der Waals surface area contributed by atoms with Gasteiger partial charge in [-0.2, -0.15) is 0 Å². The first-order valence-corrected chi connectivity index (χ1v) is 6.46. The molecule has 0 unspecified atom stereocenters. The third-order valence-electron chi connectivity index (χ3n) is 3.14. The number of pyridine rings is 1. The van der Waals surface area contributed by atoms with Crippen molar-refractivity contribution in [2.45, 2.75) is 6.61 Å². The maximum Gasteiger partial charge on any atom is 0.120 e. The van der Waals surface area contributed by atoms with Crippen LogP contribution in [0, 0.1) is 0 Å². The summed E-state index contributed by atoms with van der Waals surface area (Å²) in [7, 11) is 1.66. The van der Waals surface area contributed by atoms with Crippen LogP contribution in [0.5, 0.6) is 11.5 Å². The van der Waals surface area contributed by atoms with Crippen molar-refractivity contribution >= 4 is 10.9 Å². The quantitative estimate of drug-likeness (QED) is 0.718. The van der Waals surface area contributed by atoms with Crippen molar-refractivity contribution in [3.63, 3.8) is 0 Å². The Morgan fingerprint density at radius 3 is 2.55 bits per heavy atom. The number of aromatic nitrogens is 1. The third-order valence-corrected chi connectivity index (χ3v) is 3.14. The molecule has 0 aliphatic rings. The summed E-state index contributed by atoms with van der Waals surface area (Å²) in [6, 6.07) is 17.7. The van der Waals surface area contributed by atoms with Gasteiger partial charge in [-0.1, -0.05) is 18.2 Å². The zero-order valence-electron chi connectivity index (χ0n) is 11.2. The summed E-state index contributed by atoms with van der Waals surface area (Å²) in [5, 5.41) is 1.08. The minimum absolute atomic E-state index is 0.537. The van der Waals surface area contributed by atoms with E-state index in [1.165, 1.54) is 0 Å². The molecule has 0 atom stereocenters. The zero-order chi connectivity index (χ0) is 13.8. The molecule has 0 amide bonds. The molecule has 0 spiro atoms. The van der Waals surface area contributed by atoms with Crippen molar-refractivity contribution in [3.05, 3.63) is 66.4 Å².